The third-order valence-electron chi connectivity index (χ3n) is 5.10. The normalized spacial score (nSPS) is 15.0. The zero-order chi connectivity index (χ0) is 19.8. The largest absolute Gasteiger partial charge is 0.357 e. The summed E-state index contributed by atoms with van der Waals surface area (Å²) in [7, 11) is 1.78. The van der Waals surface area contributed by atoms with E-state index in [9.17, 15) is 0 Å². The van der Waals surface area contributed by atoms with Crippen molar-refractivity contribution >= 4 is 47.4 Å². The highest BCUT2D eigenvalue weighted by molar-refractivity contribution is 14.0. The average molecular weight is 529 g/mol. The van der Waals surface area contributed by atoms with Gasteiger partial charge in [0.2, 0.25) is 0 Å². The highest BCUT2D eigenvalue weighted by atomic mass is 127. The molecule has 3 heterocycles. The van der Waals surface area contributed by atoms with E-state index in [0.717, 1.165) is 54.9 Å². The van der Waals surface area contributed by atoms with E-state index in [1.54, 1.807) is 13.2 Å². The van der Waals surface area contributed by atoms with Gasteiger partial charge in [0.1, 0.15) is 11.0 Å². The molecule has 2 aromatic heterocycles. The molecule has 8 heteroatoms. The van der Waals surface area contributed by atoms with E-state index in [4.69, 9.17) is 11.6 Å². The Bertz CT molecular complexity index is 758. The molecular weight excluding hydrogens is 499 g/mol. The summed E-state index contributed by atoms with van der Waals surface area (Å²) in [4.78, 5) is 15.4. The monoisotopic (exact) mass is 528 g/mol. The molecule has 6 nitrogen and oxygen atoms in total. The number of nitrogens with one attached hydrogen (secondary N) is 2. The molecule has 0 unspecified atom stereocenters. The van der Waals surface area contributed by atoms with Crippen molar-refractivity contribution in [1.82, 2.24) is 20.6 Å². The standard InChI is InChI=1S/C21H29ClN6.HI/c1-16-8-11-28(12-9-16)20-6-4-18(14-26-20)15-27-21(23-2)24-10-7-17-3-5-19(22)25-13-17;/h3-6,13-14,16H,7-12,15H2,1-2H3,(H2,23,24,27);1H. The van der Waals surface area contributed by atoms with Crippen molar-refractivity contribution in [1.29, 1.82) is 0 Å². The highest BCUT2D eigenvalue weighted by Crippen LogP contribution is 2.21. The van der Waals surface area contributed by atoms with Gasteiger partial charge in [0, 0.05) is 45.6 Å². The molecule has 2 aromatic rings. The number of aliphatic imine (C=N–C) groups is 1. The first kappa shape index (κ1) is 23.7. The van der Waals surface area contributed by atoms with E-state index in [0.29, 0.717) is 11.7 Å². The van der Waals surface area contributed by atoms with Crippen LogP contribution in [0.15, 0.2) is 41.7 Å². The summed E-state index contributed by atoms with van der Waals surface area (Å²) in [6, 6.07) is 8.06. The van der Waals surface area contributed by atoms with Crippen LogP contribution in [-0.2, 0) is 13.0 Å². The van der Waals surface area contributed by atoms with Gasteiger partial charge >= 0.3 is 0 Å². The van der Waals surface area contributed by atoms with Crippen LogP contribution in [-0.4, -0.2) is 42.6 Å². The second-order valence-electron chi connectivity index (χ2n) is 7.29. The van der Waals surface area contributed by atoms with Crippen molar-refractivity contribution in [3.8, 4) is 0 Å². The molecule has 1 saturated heterocycles. The predicted octanol–water partition coefficient (Wildman–Crippen LogP) is 3.89. The minimum absolute atomic E-state index is 0. The molecule has 0 atom stereocenters. The molecule has 0 bridgehead atoms. The molecule has 1 aliphatic rings. The summed E-state index contributed by atoms with van der Waals surface area (Å²) in [5, 5.41) is 7.17. The van der Waals surface area contributed by atoms with Gasteiger partial charge in [0.25, 0.3) is 0 Å². The number of hydrogen-bond donors (Lipinski definition) is 2. The van der Waals surface area contributed by atoms with Crippen LogP contribution in [0.4, 0.5) is 5.82 Å². The Labute approximate surface area is 195 Å². The molecule has 158 valence electrons. The van der Waals surface area contributed by atoms with E-state index >= 15 is 0 Å². The first-order chi connectivity index (χ1) is 13.6. The molecule has 29 heavy (non-hydrogen) atoms. The molecule has 1 fully saturated rings. The van der Waals surface area contributed by atoms with Gasteiger partial charge in [0.15, 0.2) is 5.96 Å². The summed E-state index contributed by atoms with van der Waals surface area (Å²) in [6.07, 6.45) is 7.11. The predicted molar refractivity (Wildman–Crippen MR) is 131 cm³/mol. The molecular formula is C21H30ClIN6. The van der Waals surface area contributed by atoms with Crippen LogP contribution < -0.4 is 15.5 Å². The lowest BCUT2D eigenvalue weighted by Gasteiger charge is -2.31. The summed E-state index contributed by atoms with van der Waals surface area (Å²) in [5.41, 5.74) is 2.28. The highest BCUT2D eigenvalue weighted by Gasteiger charge is 2.16. The van der Waals surface area contributed by atoms with Crippen LogP contribution in [0.5, 0.6) is 0 Å². The van der Waals surface area contributed by atoms with E-state index in [2.05, 4.69) is 49.6 Å². The maximum atomic E-state index is 5.81. The Morgan fingerprint density at radius 3 is 2.45 bits per heavy atom. The minimum atomic E-state index is 0. The summed E-state index contributed by atoms with van der Waals surface area (Å²) >= 11 is 5.81. The second-order valence-corrected chi connectivity index (χ2v) is 7.67. The van der Waals surface area contributed by atoms with Gasteiger partial charge in [-0.25, -0.2) is 9.97 Å². The van der Waals surface area contributed by atoms with Gasteiger partial charge in [-0.15, -0.1) is 24.0 Å². The number of pyridine rings is 2. The van der Waals surface area contributed by atoms with Crippen LogP contribution in [0, 0.1) is 5.92 Å². The molecule has 1 aliphatic heterocycles. The van der Waals surface area contributed by atoms with Gasteiger partial charge < -0.3 is 15.5 Å². The molecule has 3 rings (SSSR count). The smallest absolute Gasteiger partial charge is 0.191 e. The molecule has 0 spiro atoms. The van der Waals surface area contributed by atoms with Gasteiger partial charge in [-0.3, -0.25) is 4.99 Å². The summed E-state index contributed by atoms with van der Waals surface area (Å²) in [6.45, 7) is 5.99. The number of aromatic nitrogens is 2. The zero-order valence-corrected chi connectivity index (χ0v) is 20.2. The van der Waals surface area contributed by atoms with E-state index in [-0.39, 0.29) is 24.0 Å². The number of anilines is 1. The third-order valence-corrected chi connectivity index (χ3v) is 5.32. The Morgan fingerprint density at radius 1 is 1.10 bits per heavy atom. The van der Waals surface area contributed by atoms with E-state index in [1.807, 2.05) is 18.3 Å². The molecule has 2 N–H and O–H groups in total. The number of rotatable bonds is 6. The first-order valence-electron chi connectivity index (χ1n) is 9.89. The first-order valence-corrected chi connectivity index (χ1v) is 10.3. The minimum Gasteiger partial charge on any atom is -0.357 e. The number of hydrogen-bond acceptors (Lipinski definition) is 4. The van der Waals surface area contributed by atoms with Crippen LogP contribution in [0.1, 0.15) is 30.9 Å². The molecule has 0 saturated carbocycles. The fourth-order valence-electron chi connectivity index (χ4n) is 3.23. The number of guanidine groups is 1. The number of nitrogens with zero attached hydrogens (tertiary/aromatic N) is 4. The number of halogens is 2. The van der Waals surface area contributed by atoms with E-state index in [1.165, 1.54) is 12.8 Å². The van der Waals surface area contributed by atoms with Crippen LogP contribution in [0.25, 0.3) is 0 Å². The SMILES string of the molecule is CN=C(NCCc1ccc(Cl)nc1)NCc1ccc(N2CCC(C)CC2)nc1.I. The summed E-state index contributed by atoms with van der Waals surface area (Å²) in [5.74, 6) is 2.68. The van der Waals surface area contributed by atoms with E-state index < -0.39 is 0 Å². The van der Waals surface area contributed by atoms with Gasteiger partial charge in [-0.1, -0.05) is 30.7 Å². The van der Waals surface area contributed by atoms with Crippen molar-refractivity contribution < 1.29 is 0 Å². The van der Waals surface area contributed by atoms with Crippen molar-refractivity contribution in [2.75, 3.05) is 31.6 Å². The van der Waals surface area contributed by atoms with Crippen LogP contribution in [0.2, 0.25) is 5.15 Å². The Kier molecular flexibility index (Phi) is 9.93. The maximum absolute atomic E-state index is 5.81. The quantitative estimate of drug-likeness (QED) is 0.258. The van der Waals surface area contributed by atoms with Crippen molar-refractivity contribution in [2.24, 2.45) is 10.9 Å². The Morgan fingerprint density at radius 2 is 1.83 bits per heavy atom. The van der Waals surface area contributed by atoms with Crippen LogP contribution in [0.3, 0.4) is 0 Å². The molecule has 0 aliphatic carbocycles. The van der Waals surface area contributed by atoms with Crippen molar-refractivity contribution in [3.05, 3.63) is 52.9 Å². The summed E-state index contributed by atoms with van der Waals surface area (Å²) < 4.78 is 0. The van der Waals surface area contributed by atoms with Crippen LogP contribution >= 0.6 is 35.6 Å². The molecule has 0 amide bonds. The van der Waals surface area contributed by atoms with Gasteiger partial charge in [-0.05, 0) is 48.4 Å². The number of piperidine rings is 1. The Balaban J connectivity index is 0.00000300. The van der Waals surface area contributed by atoms with Crippen molar-refractivity contribution in [3.63, 3.8) is 0 Å². The fraction of sp³-hybridized carbons (Fsp3) is 0.476. The van der Waals surface area contributed by atoms with Gasteiger partial charge in [0.05, 0.1) is 0 Å². The fourth-order valence-corrected chi connectivity index (χ4v) is 3.34. The lowest BCUT2D eigenvalue weighted by atomic mass is 9.99. The average Bonchev–Trinajstić information content (AvgIpc) is 2.73. The second kappa shape index (κ2) is 12.2. The third kappa shape index (κ3) is 7.62. The topological polar surface area (TPSA) is 65.4 Å². The van der Waals surface area contributed by atoms with Gasteiger partial charge in [-0.2, -0.15) is 0 Å². The lowest BCUT2D eigenvalue weighted by Crippen LogP contribution is -2.38. The molecule has 0 aromatic carbocycles. The maximum Gasteiger partial charge on any atom is 0.191 e. The lowest BCUT2D eigenvalue weighted by molar-refractivity contribution is 0.436. The Hall–Kier alpha value is -1.61. The van der Waals surface area contributed by atoms with Crippen molar-refractivity contribution in [2.45, 2.75) is 32.7 Å². The molecule has 0 radical (unpaired) electrons. The zero-order valence-electron chi connectivity index (χ0n) is 17.1.